The first kappa shape index (κ1) is 17.1. The van der Waals surface area contributed by atoms with Crippen molar-refractivity contribution in [2.45, 2.75) is 45.4 Å². The second-order valence-corrected chi connectivity index (χ2v) is 6.59. The van der Waals surface area contributed by atoms with Gasteiger partial charge in [0.05, 0.1) is 0 Å². The largest absolute Gasteiger partial charge is 0.391 e. The Kier molecular flexibility index (Phi) is 4.27. The molecule has 0 spiro atoms. The smallest absolute Gasteiger partial charge is 0.292 e. The fourth-order valence-electron chi connectivity index (χ4n) is 3.50. The van der Waals surface area contributed by atoms with Crippen LogP contribution in [0.15, 0.2) is 9.59 Å². The Labute approximate surface area is 145 Å². The van der Waals surface area contributed by atoms with Crippen LogP contribution in [-0.2, 0) is 26.2 Å². The topological polar surface area (TPSA) is 135 Å². The molecule has 4 heterocycles. The Morgan fingerprint density at radius 2 is 1.20 bits per heavy atom. The van der Waals surface area contributed by atoms with Crippen molar-refractivity contribution in [3.05, 3.63) is 20.7 Å². The number of hydrogen-bond donors (Lipinski definition) is 3. The quantitative estimate of drug-likeness (QED) is 0.623. The van der Waals surface area contributed by atoms with Crippen molar-refractivity contribution in [2.24, 2.45) is 0 Å². The first-order valence-electron chi connectivity index (χ1n) is 8.45. The van der Waals surface area contributed by atoms with Crippen molar-refractivity contribution in [3.8, 4) is 0 Å². The summed E-state index contributed by atoms with van der Waals surface area (Å²) in [6.45, 7) is 3.22. The average Bonchev–Trinajstić information content (AvgIpc) is 3.22. The Morgan fingerprint density at radius 1 is 0.720 bits per heavy atom. The van der Waals surface area contributed by atoms with Gasteiger partial charge in [-0.05, 0) is 19.3 Å². The van der Waals surface area contributed by atoms with Crippen LogP contribution in [0.3, 0.4) is 0 Å². The molecule has 10 heteroatoms. The first-order chi connectivity index (χ1) is 11.8. The van der Waals surface area contributed by atoms with Gasteiger partial charge in [-0.25, -0.2) is 9.36 Å². The fourth-order valence-corrected chi connectivity index (χ4v) is 3.50. The van der Waals surface area contributed by atoms with E-state index in [-0.39, 0.29) is 16.8 Å². The van der Waals surface area contributed by atoms with E-state index in [0.717, 1.165) is 51.3 Å². The van der Waals surface area contributed by atoms with Gasteiger partial charge < -0.3 is 22.1 Å². The van der Waals surface area contributed by atoms with E-state index in [0.29, 0.717) is 11.5 Å². The molecule has 138 valence electrons. The molecule has 4 rings (SSSR count). The molecule has 0 unspecified atom stereocenters. The number of nitrogens with zero attached hydrogens (tertiary/aromatic N) is 5. The molecule has 0 bridgehead atoms. The van der Waals surface area contributed by atoms with Gasteiger partial charge in [-0.1, -0.05) is 0 Å². The summed E-state index contributed by atoms with van der Waals surface area (Å²) in [6, 6.07) is 0. The van der Waals surface area contributed by atoms with Gasteiger partial charge in [0, 0.05) is 40.3 Å². The molecule has 2 aliphatic rings. The molecule has 2 aromatic rings. The molecule has 6 N–H and O–H groups in total. The third-order valence-electron chi connectivity index (χ3n) is 4.71. The summed E-state index contributed by atoms with van der Waals surface area (Å²) in [5.41, 5.74) is 17.2. The van der Waals surface area contributed by atoms with E-state index in [2.05, 4.69) is 0 Å². The molecule has 0 aromatic carbocycles. The number of fused-ring (bicyclic) bond motifs is 2. The zero-order valence-corrected chi connectivity index (χ0v) is 14.7. The van der Waals surface area contributed by atoms with Crippen molar-refractivity contribution in [1.82, 2.24) is 18.7 Å². The minimum atomic E-state index is -0.146. The second-order valence-electron chi connectivity index (χ2n) is 6.59. The first-order valence-corrected chi connectivity index (χ1v) is 8.45. The highest BCUT2D eigenvalue weighted by Crippen LogP contribution is 2.22. The summed E-state index contributed by atoms with van der Waals surface area (Å²) < 4.78 is 7.05. The Bertz CT molecular complexity index is 898. The highest BCUT2D eigenvalue weighted by molar-refractivity contribution is 5.62. The summed E-state index contributed by atoms with van der Waals surface area (Å²) in [5.74, 6) is 1.25. The molecular formula is C15H26N8O2. The number of aromatic nitrogens is 4. The molecular weight excluding hydrogens is 324 g/mol. The lowest BCUT2D eigenvalue weighted by Gasteiger charge is -2.17. The second kappa shape index (κ2) is 6.26. The maximum Gasteiger partial charge on any atom is 0.292 e. The van der Waals surface area contributed by atoms with Crippen LogP contribution >= 0.6 is 0 Å². The maximum absolute atomic E-state index is 11.6. The van der Waals surface area contributed by atoms with Gasteiger partial charge in [0.15, 0.2) is 5.82 Å². The van der Waals surface area contributed by atoms with Crippen LogP contribution < -0.4 is 33.2 Å². The third kappa shape index (κ3) is 2.67. The lowest BCUT2D eigenvalue weighted by Crippen LogP contribution is -2.27. The van der Waals surface area contributed by atoms with Crippen molar-refractivity contribution in [3.63, 3.8) is 0 Å². The molecule has 10 nitrogen and oxygen atoms in total. The molecule has 2 aliphatic heterocycles. The zero-order valence-electron chi connectivity index (χ0n) is 14.7. The molecule has 0 aliphatic carbocycles. The van der Waals surface area contributed by atoms with E-state index in [4.69, 9.17) is 17.2 Å². The van der Waals surface area contributed by atoms with Crippen molar-refractivity contribution < 1.29 is 0 Å². The highest BCUT2D eigenvalue weighted by Gasteiger charge is 2.22. The molecule has 2 aromatic heterocycles. The van der Waals surface area contributed by atoms with Crippen LogP contribution in [-0.4, -0.2) is 32.8 Å². The van der Waals surface area contributed by atoms with Crippen LogP contribution in [0.2, 0.25) is 0 Å². The van der Waals surface area contributed by atoms with Gasteiger partial charge in [0.1, 0.15) is 17.2 Å². The van der Waals surface area contributed by atoms with Gasteiger partial charge in [-0.2, -0.15) is 0 Å². The summed E-state index contributed by atoms with van der Waals surface area (Å²) in [4.78, 5) is 24.8. The normalized spacial score (nSPS) is 15.3. The molecule has 0 saturated heterocycles. The van der Waals surface area contributed by atoms with E-state index < -0.39 is 0 Å². The van der Waals surface area contributed by atoms with Gasteiger partial charge in [0.25, 0.3) is 11.1 Å². The number of nitrogen functional groups attached to an aromatic ring is 3. The minimum absolute atomic E-state index is 0.0544. The highest BCUT2D eigenvalue weighted by atomic mass is 16.1. The predicted molar refractivity (Wildman–Crippen MR) is 98.8 cm³/mol. The Morgan fingerprint density at radius 3 is 1.80 bits per heavy atom. The van der Waals surface area contributed by atoms with Crippen LogP contribution in [0.4, 0.5) is 23.0 Å². The van der Waals surface area contributed by atoms with E-state index >= 15 is 0 Å². The van der Waals surface area contributed by atoms with Crippen molar-refractivity contribution >= 4 is 23.0 Å². The third-order valence-corrected chi connectivity index (χ3v) is 4.71. The fraction of sp³-hybridized carbons (Fsp3) is 0.600. The van der Waals surface area contributed by atoms with Crippen LogP contribution in [0.1, 0.15) is 19.3 Å². The standard InChI is InChI=1S/C8H14N4O.C7H12N4O/c1-10(2)7-6(9)8(13)12-5-3-4-11(7)12;8-5-6(9)10-3-1-2-4-11(10)7(5)12/h3-5,9H2,1-2H3;1-4,8-9H2. The minimum Gasteiger partial charge on any atom is -0.391 e. The van der Waals surface area contributed by atoms with E-state index in [1.54, 1.807) is 14.0 Å². The number of rotatable bonds is 1. The zero-order chi connectivity index (χ0) is 18.3. The summed E-state index contributed by atoms with van der Waals surface area (Å²) in [7, 11) is 3.80. The van der Waals surface area contributed by atoms with Crippen LogP contribution in [0.25, 0.3) is 0 Å². The van der Waals surface area contributed by atoms with Crippen LogP contribution in [0, 0.1) is 0 Å². The number of nitrogens with two attached hydrogens (primary N) is 3. The van der Waals surface area contributed by atoms with Gasteiger partial charge >= 0.3 is 0 Å². The van der Waals surface area contributed by atoms with Crippen molar-refractivity contribution in [1.29, 1.82) is 0 Å². The lowest BCUT2D eigenvalue weighted by atomic mass is 10.3. The van der Waals surface area contributed by atoms with Crippen LogP contribution in [0.5, 0.6) is 0 Å². The molecule has 25 heavy (non-hydrogen) atoms. The Hall–Kier alpha value is -2.78. The van der Waals surface area contributed by atoms with Gasteiger partial charge in [0.2, 0.25) is 0 Å². The SMILES string of the molecule is CN(C)c1c(N)c(=O)n2n1CCC2.Nc1c(N)n2n(c1=O)CCCC2. The summed E-state index contributed by atoms with van der Waals surface area (Å²) in [5, 5.41) is 0. The van der Waals surface area contributed by atoms with Crippen molar-refractivity contribution in [2.75, 3.05) is 36.2 Å². The van der Waals surface area contributed by atoms with Gasteiger partial charge in [-0.3, -0.25) is 19.0 Å². The summed E-state index contributed by atoms with van der Waals surface area (Å²) >= 11 is 0. The molecule has 0 saturated carbocycles. The molecule has 0 fully saturated rings. The Balaban J connectivity index is 0.000000146. The summed E-state index contributed by atoms with van der Waals surface area (Å²) in [6.07, 6.45) is 3.12. The molecule has 0 radical (unpaired) electrons. The molecule has 0 amide bonds. The number of hydrogen-bond acceptors (Lipinski definition) is 6. The number of anilines is 4. The molecule has 0 atom stereocenters. The lowest BCUT2D eigenvalue weighted by molar-refractivity contribution is 0.360. The van der Waals surface area contributed by atoms with E-state index in [1.807, 2.05) is 23.7 Å². The predicted octanol–water partition coefficient (Wildman–Crippen LogP) is -0.690. The van der Waals surface area contributed by atoms with E-state index in [9.17, 15) is 9.59 Å². The van der Waals surface area contributed by atoms with E-state index in [1.165, 1.54) is 0 Å². The average molecular weight is 350 g/mol. The maximum atomic E-state index is 11.6. The van der Waals surface area contributed by atoms with Gasteiger partial charge in [-0.15, -0.1) is 0 Å². The monoisotopic (exact) mass is 350 g/mol.